The molecule has 0 atom stereocenters. The summed E-state index contributed by atoms with van der Waals surface area (Å²) in [7, 11) is -4.58. The fourth-order valence-electron chi connectivity index (χ4n) is 2.93. The van der Waals surface area contributed by atoms with Gasteiger partial charge in [-0.3, -0.25) is 0 Å². The minimum Gasteiger partial charge on any atom is -0.493 e. The maximum absolute atomic E-state index is 13.2. The summed E-state index contributed by atoms with van der Waals surface area (Å²) in [5, 5.41) is 2.94. The standard InChI is InChI=1S/C21H24N2O6S3/c1-14-5-8-16(9-6-14)32(26,27)20-19(30-21(23-20)31(4,24)25)22-12-11-15-7-10-17(28-2)18(13-15)29-3/h5-10,13,22H,11-12H2,1-4H3. The SMILES string of the molecule is COc1ccc(CCNc2sc(S(C)(=O)=O)nc2S(=O)(=O)c2ccc(C)cc2)cc1OC. The lowest BCUT2D eigenvalue weighted by Crippen LogP contribution is -2.09. The van der Waals surface area contributed by atoms with Crippen LogP contribution in [-0.4, -0.2) is 48.8 Å². The van der Waals surface area contributed by atoms with Crippen LogP contribution in [0.5, 0.6) is 11.5 Å². The third-order valence-electron chi connectivity index (χ3n) is 4.63. The van der Waals surface area contributed by atoms with Gasteiger partial charge in [-0.25, -0.2) is 21.8 Å². The lowest BCUT2D eigenvalue weighted by Gasteiger charge is -2.10. The van der Waals surface area contributed by atoms with Gasteiger partial charge in [0.05, 0.1) is 19.1 Å². The van der Waals surface area contributed by atoms with Crippen LogP contribution in [0, 0.1) is 6.92 Å². The third kappa shape index (κ3) is 5.22. The van der Waals surface area contributed by atoms with Gasteiger partial charge in [-0.15, -0.1) is 0 Å². The Morgan fingerprint density at radius 2 is 1.62 bits per heavy atom. The molecule has 0 aliphatic rings. The van der Waals surface area contributed by atoms with Crippen molar-refractivity contribution in [2.75, 3.05) is 32.3 Å². The quantitative estimate of drug-likeness (QED) is 0.480. The topological polar surface area (TPSA) is 112 Å². The molecule has 0 radical (unpaired) electrons. The summed E-state index contributed by atoms with van der Waals surface area (Å²) >= 11 is 0.806. The van der Waals surface area contributed by atoms with Gasteiger partial charge in [0.1, 0.15) is 5.00 Å². The fourth-order valence-corrected chi connectivity index (χ4v) is 6.47. The molecule has 11 heteroatoms. The van der Waals surface area contributed by atoms with E-state index in [0.29, 0.717) is 24.5 Å². The number of aromatic nitrogens is 1. The number of methoxy groups -OCH3 is 2. The van der Waals surface area contributed by atoms with Crippen molar-refractivity contribution in [3.05, 3.63) is 53.6 Å². The molecule has 2 aromatic carbocycles. The number of ether oxygens (including phenoxy) is 2. The number of nitrogens with zero attached hydrogens (tertiary/aromatic N) is 1. The first-order valence-electron chi connectivity index (χ1n) is 9.53. The Morgan fingerprint density at radius 3 is 2.22 bits per heavy atom. The Hall–Kier alpha value is -2.63. The van der Waals surface area contributed by atoms with Crippen LogP contribution in [0.15, 0.2) is 56.7 Å². The molecule has 0 amide bonds. The fraction of sp³-hybridized carbons (Fsp3) is 0.286. The van der Waals surface area contributed by atoms with E-state index in [1.165, 1.54) is 12.1 Å². The highest BCUT2D eigenvalue weighted by Gasteiger charge is 2.29. The number of aryl methyl sites for hydroxylation is 1. The zero-order chi connectivity index (χ0) is 23.5. The Balaban J connectivity index is 1.89. The van der Waals surface area contributed by atoms with Gasteiger partial charge in [0, 0.05) is 12.8 Å². The summed E-state index contributed by atoms with van der Waals surface area (Å²) in [4.78, 5) is 4.02. The summed E-state index contributed by atoms with van der Waals surface area (Å²) in [6, 6.07) is 11.8. The van der Waals surface area contributed by atoms with Gasteiger partial charge in [0.25, 0.3) is 0 Å². The number of nitrogens with one attached hydrogen (secondary N) is 1. The van der Waals surface area contributed by atoms with Gasteiger partial charge in [-0.2, -0.15) is 0 Å². The van der Waals surface area contributed by atoms with E-state index in [1.54, 1.807) is 32.4 Å². The van der Waals surface area contributed by atoms with E-state index in [1.807, 2.05) is 19.1 Å². The monoisotopic (exact) mass is 496 g/mol. The van der Waals surface area contributed by atoms with Gasteiger partial charge in [0.2, 0.25) is 24.0 Å². The second-order valence-corrected chi connectivity index (χ2v) is 12.1. The molecule has 0 saturated heterocycles. The first-order chi connectivity index (χ1) is 15.1. The summed E-state index contributed by atoms with van der Waals surface area (Å²) in [5.41, 5.74) is 1.85. The number of rotatable bonds is 9. The van der Waals surface area contributed by atoms with Gasteiger partial charge < -0.3 is 14.8 Å². The van der Waals surface area contributed by atoms with Crippen LogP contribution in [0.2, 0.25) is 0 Å². The van der Waals surface area contributed by atoms with Gasteiger partial charge >= 0.3 is 0 Å². The molecular formula is C21H24N2O6S3. The number of anilines is 1. The van der Waals surface area contributed by atoms with Gasteiger partial charge in [-0.1, -0.05) is 35.1 Å². The highest BCUT2D eigenvalue weighted by atomic mass is 32.2. The second-order valence-electron chi connectivity index (χ2n) is 7.07. The number of hydrogen-bond acceptors (Lipinski definition) is 9. The summed E-state index contributed by atoms with van der Waals surface area (Å²) in [6.07, 6.45) is 1.54. The van der Waals surface area contributed by atoms with E-state index < -0.39 is 19.7 Å². The Bertz CT molecular complexity index is 1310. The highest BCUT2D eigenvalue weighted by molar-refractivity contribution is 7.93. The molecule has 0 bridgehead atoms. The molecule has 0 saturated carbocycles. The van der Waals surface area contributed by atoms with Crippen molar-refractivity contribution in [3.63, 3.8) is 0 Å². The zero-order valence-corrected chi connectivity index (χ0v) is 20.5. The van der Waals surface area contributed by atoms with Crippen molar-refractivity contribution < 1.29 is 26.3 Å². The van der Waals surface area contributed by atoms with Crippen molar-refractivity contribution in [1.29, 1.82) is 0 Å². The first kappa shape index (κ1) is 24.0. The molecule has 1 heterocycles. The highest BCUT2D eigenvalue weighted by Crippen LogP contribution is 2.35. The normalized spacial score (nSPS) is 11.9. The molecule has 0 aliphatic heterocycles. The van der Waals surface area contributed by atoms with Crippen molar-refractivity contribution in [1.82, 2.24) is 4.98 Å². The predicted octanol–water partition coefficient (Wildman–Crippen LogP) is 3.36. The number of sulfone groups is 2. The van der Waals surface area contributed by atoms with Crippen molar-refractivity contribution in [3.8, 4) is 11.5 Å². The van der Waals surface area contributed by atoms with Crippen LogP contribution in [0.1, 0.15) is 11.1 Å². The molecule has 0 fully saturated rings. The maximum atomic E-state index is 13.2. The summed E-state index contributed by atoms with van der Waals surface area (Å²) < 4.78 is 60.7. The molecular weight excluding hydrogens is 472 g/mol. The lowest BCUT2D eigenvalue weighted by atomic mass is 10.1. The molecule has 172 valence electrons. The Kier molecular flexibility index (Phi) is 7.11. The molecule has 0 aliphatic carbocycles. The molecule has 0 spiro atoms. The van der Waals surface area contributed by atoms with Crippen LogP contribution < -0.4 is 14.8 Å². The molecule has 1 N–H and O–H groups in total. The van der Waals surface area contributed by atoms with Crippen LogP contribution in [0.4, 0.5) is 5.00 Å². The first-order valence-corrected chi connectivity index (χ1v) is 13.7. The largest absolute Gasteiger partial charge is 0.493 e. The maximum Gasteiger partial charge on any atom is 0.226 e. The summed E-state index contributed by atoms with van der Waals surface area (Å²) in [6.45, 7) is 2.21. The Labute approximate surface area is 192 Å². The summed E-state index contributed by atoms with van der Waals surface area (Å²) in [5.74, 6) is 1.20. The second kappa shape index (κ2) is 9.47. The van der Waals surface area contributed by atoms with Crippen molar-refractivity contribution in [2.45, 2.75) is 27.6 Å². The third-order valence-corrected chi connectivity index (χ3v) is 9.14. The van der Waals surface area contributed by atoms with Gasteiger partial charge in [-0.05, 0) is 43.2 Å². The van der Waals surface area contributed by atoms with Crippen LogP contribution in [-0.2, 0) is 26.1 Å². The van der Waals surface area contributed by atoms with Gasteiger partial charge in [0.15, 0.2) is 16.5 Å². The Morgan fingerprint density at radius 1 is 0.969 bits per heavy atom. The molecule has 3 aromatic rings. The van der Waals surface area contributed by atoms with Crippen LogP contribution >= 0.6 is 11.3 Å². The molecule has 8 nitrogen and oxygen atoms in total. The minimum atomic E-state index is -4.00. The van der Waals surface area contributed by atoms with E-state index in [9.17, 15) is 16.8 Å². The number of hydrogen-bond donors (Lipinski definition) is 1. The molecule has 3 rings (SSSR count). The van der Waals surface area contributed by atoms with E-state index in [0.717, 1.165) is 28.7 Å². The average Bonchev–Trinajstić information content (AvgIpc) is 3.19. The van der Waals surface area contributed by atoms with E-state index in [2.05, 4.69) is 10.3 Å². The van der Waals surface area contributed by atoms with Crippen molar-refractivity contribution >= 4 is 36.0 Å². The zero-order valence-electron chi connectivity index (χ0n) is 18.1. The molecule has 0 unspecified atom stereocenters. The minimum absolute atomic E-state index is 0.0522. The number of thiazole rings is 1. The average molecular weight is 497 g/mol. The van der Waals surface area contributed by atoms with Crippen molar-refractivity contribution in [2.24, 2.45) is 0 Å². The van der Waals surface area contributed by atoms with Crippen LogP contribution in [0.25, 0.3) is 0 Å². The molecule has 1 aromatic heterocycles. The van der Waals surface area contributed by atoms with Crippen LogP contribution in [0.3, 0.4) is 0 Å². The molecule has 32 heavy (non-hydrogen) atoms. The van der Waals surface area contributed by atoms with E-state index in [-0.39, 0.29) is 19.3 Å². The predicted molar refractivity (Wildman–Crippen MR) is 124 cm³/mol. The lowest BCUT2D eigenvalue weighted by molar-refractivity contribution is 0.354. The van der Waals surface area contributed by atoms with E-state index >= 15 is 0 Å². The smallest absolute Gasteiger partial charge is 0.226 e. The van der Waals surface area contributed by atoms with E-state index in [4.69, 9.17) is 9.47 Å². The number of benzene rings is 2.